The Kier molecular flexibility index (Phi) is 20.4. The zero-order valence-electron chi connectivity index (χ0n) is 69.1. The summed E-state index contributed by atoms with van der Waals surface area (Å²) in [6.07, 6.45) is 23.7. The summed E-state index contributed by atoms with van der Waals surface area (Å²) in [5.74, 6) is 0.559. The fourth-order valence-corrected chi connectivity index (χ4v) is 15.6. The number of benzene rings is 7. The second kappa shape index (κ2) is 31.4. The maximum atomic E-state index is 5.19. The SMILES string of the molecule is Cc1cc(C(C)(C)C)ncc1-c1ccc(-c2ccccc2-c2cc(-c3ccccc3-c3ccc(-c4ccc(C(C)(C)C)nc4)nc3)cc(-c3cccc(-c4cc(-c5ccccc5-c5ccc(-c6ccc(C(C)(C)C)nc6)nc5)cc(-c5ccccc5-c5ccc(-c6ccc(C(C)(C)C)nc6)nc5)c4)c3-c3cnc(-n4cccc4)nc3)c2)cn1. The largest absolute Gasteiger partial charge is 0.293 e. The minimum Gasteiger partial charge on any atom is -0.293 e. The predicted octanol–water partition coefficient (Wildman–Crippen LogP) is 26.9. The van der Waals surface area contributed by atoms with Gasteiger partial charge >= 0.3 is 0 Å². The van der Waals surface area contributed by atoms with Crippen molar-refractivity contribution in [1.29, 1.82) is 0 Å². The van der Waals surface area contributed by atoms with Gasteiger partial charge in [0, 0.05) is 174 Å². The molecule has 11 nitrogen and oxygen atoms in total. The van der Waals surface area contributed by atoms with Gasteiger partial charge in [-0.05, 0) is 217 Å². The van der Waals surface area contributed by atoms with Crippen LogP contribution in [0.4, 0.5) is 0 Å². The molecule has 118 heavy (non-hydrogen) atoms. The smallest absolute Gasteiger partial charge is 0.233 e. The van der Waals surface area contributed by atoms with Crippen LogP contribution in [-0.4, -0.2) is 54.4 Å². The average molecular weight is 1530 g/mol. The lowest BCUT2D eigenvalue weighted by molar-refractivity contribution is 0.568. The molecule has 10 aromatic heterocycles. The van der Waals surface area contributed by atoms with Gasteiger partial charge in [0.2, 0.25) is 5.95 Å². The molecule has 10 heterocycles. The molecule has 0 radical (unpaired) electrons. The first-order valence-corrected chi connectivity index (χ1v) is 40.4. The Hall–Kier alpha value is -13.9. The van der Waals surface area contributed by atoms with Crippen LogP contribution >= 0.6 is 0 Å². The standard InChI is InChI=1S/C107H93N11/c1-68-51-101(107(11,12)13)115-67-93(68)97-45-38-72(61-111-97)86-28-17-21-32-90(86)79-53-78(89-31-20-16-27-85(89)71-37-44-96(110-60-71)75-41-48-100(114-64-75)106(8,9)10)56-81(57-79)92-34-24-33-91(102(92)82-65-116-103(117-66-82)118-49-22-23-50-118)80-54-76(87-29-18-14-25-83(87)69-35-42-94(108-58-69)73-39-46-98(112-62-73)104(2,3)4)52-77(55-80)88-30-19-15-26-84(88)70-36-43-95(109-59-70)74-40-47-99(113-63-74)105(5,6)7/h14-67H,1-13H3. The average Bonchev–Trinajstić information content (AvgIpc) is 0.781. The van der Waals surface area contributed by atoms with Gasteiger partial charge in [0.15, 0.2) is 0 Å². The molecule has 0 aliphatic heterocycles. The van der Waals surface area contributed by atoms with Gasteiger partial charge in [-0.3, -0.25) is 44.4 Å². The van der Waals surface area contributed by atoms with Gasteiger partial charge in [0.25, 0.3) is 0 Å². The molecule has 0 bridgehead atoms. The molecule has 0 amide bonds. The van der Waals surface area contributed by atoms with E-state index in [1.165, 1.54) is 0 Å². The summed E-state index contributed by atoms with van der Waals surface area (Å²) in [6.45, 7) is 28.4. The number of nitrogens with zero attached hydrogens (tertiary/aromatic N) is 11. The Morgan fingerprint density at radius 3 is 0.737 bits per heavy atom. The van der Waals surface area contributed by atoms with Crippen molar-refractivity contribution in [3.05, 3.63) is 357 Å². The lowest BCUT2D eigenvalue weighted by atomic mass is 9.83. The van der Waals surface area contributed by atoms with Crippen molar-refractivity contribution in [3.63, 3.8) is 0 Å². The molecule has 0 unspecified atom stereocenters. The van der Waals surface area contributed by atoms with Crippen LogP contribution < -0.4 is 0 Å². The summed E-state index contributed by atoms with van der Waals surface area (Å²) in [5.41, 5.74) is 34.3. The summed E-state index contributed by atoms with van der Waals surface area (Å²) in [6, 6.07) is 91.6. The van der Waals surface area contributed by atoms with E-state index in [4.69, 9.17) is 49.8 Å². The van der Waals surface area contributed by atoms with E-state index in [1.807, 2.05) is 91.1 Å². The van der Waals surface area contributed by atoms with Gasteiger partial charge in [-0.1, -0.05) is 223 Å². The van der Waals surface area contributed by atoms with Gasteiger partial charge in [0.05, 0.1) is 22.8 Å². The van der Waals surface area contributed by atoms with Crippen LogP contribution in [0.2, 0.25) is 0 Å². The first-order chi connectivity index (χ1) is 56.9. The van der Waals surface area contributed by atoms with Crippen molar-refractivity contribution in [2.24, 2.45) is 0 Å². The second-order valence-corrected chi connectivity index (χ2v) is 34.8. The third kappa shape index (κ3) is 15.9. The van der Waals surface area contributed by atoms with E-state index in [2.05, 4.69) is 333 Å². The molecule has 11 heteroatoms. The van der Waals surface area contributed by atoms with Crippen LogP contribution in [0.1, 0.15) is 111 Å². The molecule has 17 aromatic rings. The summed E-state index contributed by atoms with van der Waals surface area (Å²) < 4.78 is 1.94. The molecule has 0 spiro atoms. The zero-order valence-corrected chi connectivity index (χ0v) is 69.1. The quantitative estimate of drug-likeness (QED) is 0.0920. The maximum absolute atomic E-state index is 5.19. The molecule has 0 saturated carbocycles. The molecule has 7 aromatic carbocycles. The van der Waals surface area contributed by atoms with Crippen LogP contribution in [0, 0.1) is 6.92 Å². The minimum atomic E-state index is -0.0877. The normalized spacial score (nSPS) is 11.9. The molecule has 0 atom stereocenters. The number of aryl methyl sites for hydroxylation is 1. The van der Waals surface area contributed by atoms with Gasteiger partial charge in [-0.2, -0.15) is 0 Å². The Bertz CT molecular complexity index is 6340. The molecule has 0 N–H and O–H groups in total. The fourth-order valence-electron chi connectivity index (χ4n) is 15.6. The molecule has 0 aliphatic carbocycles. The Morgan fingerprint density at radius 2 is 0.458 bits per heavy atom. The third-order valence-corrected chi connectivity index (χ3v) is 22.2. The van der Waals surface area contributed by atoms with E-state index in [0.717, 1.165) is 196 Å². The van der Waals surface area contributed by atoms with E-state index in [9.17, 15) is 0 Å². The Balaban J connectivity index is 0.864. The van der Waals surface area contributed by atoms with E-state index < -0.39 is 0 Å². The van der Waals surface area contributed by atoms with Crippen molar-refractivity contribution in [3.8, 4) is 173 Å². The maximum Gasteiger partial charge on any atom is 0.233 e. The molecule has 0 fully saturated rings. The van der Waals surface area contributed by atoms with Crippen molar-refractivity contribution >= 4 is 0 Å². The minimum absolute atomic E-state index is 0.0790. The third-order valence-electron chi connectivity index (χ3n) is 22.2. The Morgan fingerprint density at radius 1 is 0.195 bits per heavy atom. The zero-order chi connectivity index (χ0) is 81.6. The molecular weight excluding hydrogens is 1440 g/mol. The van der Waals surface area contributed by atoms with Crippen LogP contribution in [0.5, 0.6) is 0 Å². The topological polar surface area (TPSA) is 134 Å². The highest BCUT2D eigenvalue weighted by atomic mass is 15.1. The van der Waals surface area contributed by atoms with Gasteiger partial charge < -0.3 is 0 Å². The van der Waals surface area contributed by atoms with Crippen LogP contribution in [0.25, 0.3) is 173 Å². The highest BCUT2D eigenvalue weighted by Gasteiger charge is 2.26. The molecule has 0 saturated heterocycles. The number of hydrogen-bond acceptors (Lipinski definition) is 10. The van der Waals surface area contributed by atoms with Gasteiger partial charge in [0.1, 0.15) is 0 Å². The van der Waals surface area contributed by atoms with Crippen LogP contribution in [0.15, 0.2) is 329 Å². The van der Waals surface area contributed by atoms with Gasteiger partial charge in [-0.25, -0.2) is 9.97 Å². The highest BCUT2D eigenvalue weighted by Crippen LogP contribution is 2.48. The lowest BCUT2D eigenvalue weighted by Crippen LogP contribution is -2.13. The summed E-state index contributed by atoms with van der Waals surface area (Å²) in [7, 11) is 0. The fraction of sp³-hybridized carbons (Fsp3) is 0.159. The van der Waals surface area contributed by atoms with Crippen LogP contribution in [0.3, 0.4) is 0 Å². The monoisotopic (exact) mass is 1530 g/mol. The second-order valence-electron chi connectivity index (χ2n) is 34.8. The lowest BCUT2D eigenvalue weighted by Gasteiger charge is -2.21. The van der Waals surface area contributed by atoms with E-state index >= 15 is 0 Å². The van der Waals surface area contributed by atoms with E-state index in [-0.39, 0.29) is 21.7 Å². The number of aromatic nitrogens is 11. The summed E-state index contributed by atoms with van der Waals surface area (Å²) >= 11 is 0. The molecule has 576 valence electrons. The number of rotatable bonds is 16. The van der Waals surface area contributed by atoms with Crippen molar-refractivity contribution in [1.82, 2.24) is 54.4 Å². The van der Waals surface area contributed by atoms with E-state index in [0.29, 0.717) is 5.95 Å². The predicted molar refractivity (Wildman–Crippen MR) is 485 cm³/mol. The molecule has 0 aliphatic rings. The Labute approximate surface area is 692 Å². The van der Waals surface area contributed by atoms with Crippen molar-refractivity contribution in [2.75, 3.05) is 0 Å². The summed E-state index contributed by atoms with van der Waals surface area (Å²) in [5, 5.41) is 0. The first kappa shape index (κ1) is 76.7. The highest BCUT2D eigenvalue weighted by molar-refractivity contribution is 6.01. The number of pyridine rings is 8. The van der Waals surface area contributed by atoms with Crippen LogP contribution in [-0.2, 0) is 21.7 Å². The number of hydrogen-bond donors (Lipinski definition) is 0. The van der Waals surface area contributed by atoms with Crippen molar-refractivity contribution in [2.45, 2.75) is 112 Å². The van der Waals surface area contributed by atoms with Crippen molar-refractivity contribution < 1.29 is 0 Å². The van der Waals surface area contributed by atoms with E-state index in [1.54, 1.807) is 0 Å². The molecular formula is C107H93N11. The summed E-state index contributed by atoms with van der Waals surface area (Å²) in [4.78, 5) is 50.5. The molecule has 17 rings (SSSR count). The van der Waals surface area contributed by atoms with Gasteiger partial charge in [-0.15, -0.1) is 0 Å². The first-order valence-electron chi connectivity index (χ1n) is 40.4.